The summed E-state index contributed by atoms with van der Waals surface area (Å²) in [5, 5.41) is 3.07. The summed E-state index contributed by atoms with van der Waals surface area (Å²) in [7, 11) is 0. The largest absolute Gasteiger partial charge is 0.376 e. The van der Waals surface area contributed by atoms with Gasteiger partial charge in [-0.1, -0.05) is 23.5 Å². The van der Waals surface area contributed by atoms with Gasteiger partial charge in [0.05, 0.1) is 22.9 Å². The van der Waals surface area contributed by atoms with E-state index in [1.165, 1.54) is 34.8 Å². The van der Waals surface area contributed by atoms with Gasteiger partial charge in [-0.2, -0.15) is 0 Å². The molecule has 1 amide bonds. The van der Waals surface area contributed by atoms with E-state index in [0.717, 1.165) is 35.2 Å². The second kappa shape index (κ2) is 8.22. The quantitative estimate of drug-likeness (QED) is 0.419. The fourth-order valence-corrected chi connectivity index (χ4v) is 5.22. The van der Waals surface area contributed by atoms with Crippen LogP contribution in [0.4, 0.5) is 9.52 Å². The van der Waals surface area contributed by atoms with E-state index < -0.39 is 0 Å². The Balaban J connectivity index is 1.47. The minimum atomic E-state index is -0.301. The highest BCUT2D eigenvalue weighted by atomic mass is 32.1. The zero-order chi connectivity index (χ0) is 20.5. The van der Waals surface area contributed by atoms with Gasteiger partial charge in [0.15, 0.2) is 5.13 Å². The molecule has 2 aromatic heterocycles. The molecule has 0 radical (unpaired) electrons. The van der Waals surface area contributed by atoms with E-state index in [0.29, 0.717) is 22.4 Å². The molecule has 0 aliphatic carbocycles. The number of benzene rings is 2. The normalized spacial score (nSPS) is 16.2. The molecule has 1 atom stereocenters. The van der Waals surface area contributed by atoms with Crippen LogP contribution in [0.15, 0.2) is 53.9 Å². The third-order valence-corrected chi connectivity index (χ3v) is 6.93. The van der Waals surface area contributed by atoms with Gasteiger partial charge in [-0.05, 0) is 49.2 Å². The van der Waals surface area contributed by atoms with Crippen molar-refractivity contribution in [1.29, 1.82) is 0 Å². The Morgan fingerprint density at radius 1 is 1.17 bits per heavy atom. The number of carbonyl (C=O) groups excluding carboxylic acids is 1. The molecule has 30 heavy (non-hydrogen) atoms. The molecular weight excluding hydrogens is 421 g/mol. The van der Waals surface area contributed by atoms with Crippen molar-refractivity contribution in [1.82, 2.24) is 9.97 Å². The van der Waals surface area contributed by atoms with Crippen LogP contribution in [0.25, 0.3) is 20.8 Å². The Bertz CT molecular complexity index is 1150. The van der Waals surface area contributed by atoms with E-state index in [2.05, 4.69) is 9.97 Å². The molecule has 5 nitrogen and oxygen atoms in total. The van der Waals surface area contributed by atoms with Crippen molar-refractivity contribution in [3.63, 3.8) is 0 Å². The molecule has 2 aromatic carbocycles. The minimum Gasteiger partial charge on any atom is -0.376 e. The van der Waals surface area contributed by atoms with Crippen molar-refractivity contribution >= 4 is 43.9 Å². The Morgan fingerprint density at radius 3 is 2.77 bits per heavy atom. The molecule has 8 heteroatoms. The summed E-state index contributed by atoms with van der Waals surface area (Å²) in [6, 6.07) is 14.0. The fourth-order valence-electron chi connectivity index (χ4n) is 3.45. The van der Waals surface area contributed by atoms with Gasteiger partial charge < -0.3 is 4.74 Å². The summed E-state index contributed by atoms with van der Waals surface area (Å²) in [5.74, 6) is -0.501. The first-order valence-corrected chi connectivity index (χ1v) is 11.4. The van der Waals surface area contributed by atoms with Crippen LogP contribution in [0, 0.1) is 5.82 Å². The summed E-state index contributed by atoms with van der Waals surface area (Å²) in [5.41, 5.74) is 2.01. The number of thiazole rings is 2. The number of aromatic nitrogens is 2. The molecule has 0 saturated carbocycles. The molecule has 152 valence electrons. The lowest BCUT2D eigenvalue weighted by molar-refractivity contribution is 0.0914. The van der Waals surface area contributed by atoms with Gasteiger partial charge in [0.1, 0.15) is 16.5 Å². The number of amides is 1. The Morgan fingerprint density at radius 2 is 2.00 bits per heavy atom. The fraction of sp³-hybridized carbons (Fsp3) is 0.227. The summed E-state index contributed by atoms with van der Waals surface area (Å²) in [6.07, 6.45) is 1.92. The molecule has 1 saturated heterocycles. The number of carbonyl (C=O) groups is 1. The molecule has 0 bridgehead atoms. The van der Waals surface area contributed by atoms with E-state index in [-0.39, 0.29) is 17.8 Å². The third kappa shape index (κ3) is 3.86. The van der Waals surface area contributed by atoms with E-state index in [1.807, 2.05) is 24.3 Å². The van der Waals surface area contributed by atoms with Gasteiger partial charge >= 0.3 is 0 Å². The van der Waals surface area contributed by atoms with Crippen LogP contribution in [0.3, 0.4) is 0 Å². The molecule has 1 fully saturated rings. The lowest BCUT2D eigenvalue weighted by Gasteiger charge is -2.22. The summed E-state index contributed by atoms with van der Waals surface area (Å²) >= 11 is 2.86. The van der Waals surface area contributed by atoms with Crippen molar-refractivity contribution in [2.75, 3.05) is 18.1 Å². The van der Waals surface area contributed by atoms with E-state index >= 15 is 0 Å². The number of fused-ring (bicyclic) bond motifs is 1. The topological polar surface area (TPSA) is 55.3 Å². The smallest absolute Gasteiger partial charge is 0.279 e. The van der Waals surface area contributed by atoms with Crippen molar-refractivity contribution in [2.24, 2.45) is 0 Å². The number of halogens is 1. The van der Waals surface area contributed by atoms with E-state index in [1.54, 1.807) is 22.4 Å². The van der Waals surface area contributed by atoms with Crippen LogP contribution >= 0.6 is 22.7 Å². The zero-order valence-corrected chi connectivity index (χ0v) is 17.6. The molecule has 4 aromatic rings. The average Bonchev–Trinajstić information content (AvgIpc) is 3.52. The summed E-state index contributed by atoms with van der Waals surface area (Å²) in [4.78, 5) is 24.3. The highest BCUT2D eigenvalue weighted by Gasteiger charge is 2.28. The number of rotatable bonds is 5. The minimum absolute atomic E-state index is 0.00355. The van der Waals surface area contributed by atoms with Crippen molar-refractivity contribution < 1.29 is 13.9 Å². The number of anilines is 1. The third-order valence-electron chi connectivity index (χ3n) is 4.98. The number of nitrogens with zero attached hydrogens (tertiary/aromatic N) is 3. The molecule has 1 aliphatic rings. The van der Waals surface area contributed by atoms with Crippen LogP contribution in [0.1, 0.15) is 23.3 Å². The first-order valence-electron chi connectivity index (χ1n) is 9.68. The molecule has 1 aliphatic heterocycles. The van der Waals surface area contributed by atoms with Crippen molar-refractivity contribution in [2.45, 2.75) is 18.9 Å². The summed E-state index contributed by atoms with van der Waals surface area (Å²) in [6.45, 7) is 1.17. The van der Waals surface area contributed by atoms with E-state index in [9.17, 15) is 9.18 Å². The Hall–Kier alpha value is -2.68. The van der Waals surface area contributed by atoms with Crippen LogP contribution in [0.2, 0.25) is 0 Å². The van der Waals surface area contributed by atoms with Gasteiger partial charge in [0, 0.05) is 17.6 Å². The lowest BCUT2D eigenvalue weighted by atomic mass is 10.2. The zero-order valence-electron chi connectivity index (χ0n) is 16.0. The molecule has 0 spiro atoms. The standard InChI is InChI=1S/C22H18FN3O2S2/c23-15-9-7-14(8-10-15)20-24-18(13-29-20)21(27)26(12-16-4-3-11-28-16)22-25-17-5-1-2-6-19(17)30-22/h1-2,5-10,13,16H,3-4,11-12H2. The number of ether oxygens (including phenoxy) is 1. The maximum absolute atomic E-state index is 13.4. The second-order valence-electron chi connectivity index (χ2n) is 7.06. The van der Waals surface area contributed by atoms with Crippen LogP contribution in [-0.4, -0.2) is 35.1 Å². The van der Waals surface area contributed by atoms with Gasteiger partial charge in [-0.3, -0.25) is 9.69 Å². The first kappa shape index (κ1) is 19.3. The predicted octanol–water partition coefficient (Wildman–Crippen LogP) is 5.38. The Kier molecular flexibility index (Phi) is 5.28. The predicted molar refractivity (Wildman–Crippen MR) is 118 cm³/mol. The molecule has 5 rings (SSSR count). The average molecular weight is 440 g/mol. The number of para-hydroxylation sites is 1. The highest BCUT2D eigenvalue weighted by molar-refractivity contribution is 7.22. The molecular formula is C22H18FN3O2S2. The van der Waals surface area contributed by atoms with Gasteiger partial charge in [-0.25, -0.2) is 14.4 Å². The van der Waals surface area contributed by atoms with Crippen molar-refractivity contribution in [3.8, 4) is 10.6 Å². The maximum Gasteiger partial charge on any atom is 0.279 e. The van der Waals surface area contributed by atoms with Crippen LogP contribution in [0.5, 0.6) is 0 Å². The van der Waals surface area contributed by atoms with Crippen LogP contribution in [-0.2, 0) is 4.74 Å². The first-order chi connectivity index (χ1) is 14.7. The van der Waals surface area contributed by atoms with Crippen molar-refractivity contribution in [3.05, 3.63) is 65.4 Å². The highest BCUT2D eigenvalue weighted by Crippen LogP contribution is 2.32. The number of hydrogen-bond acceptors (Lipinski definition) is 6. The van der Waals surface area contributed by atoms with Gasteiger partial charge in [0.2, 0.25) is 0 Å². The van der Waals surface area contributed by atoms with Crippen LogP contribution < -0.4 is 4.90 Å². The maximum atomic E-state index is 13.4. The lowest BCUT2D eigenvalue weighted by Crippen LogP contribution is -2.37. The second-order valence-corrected chi connectivity index (χ2v) is 8.93. The monoisotopic (exact) mass is 439 g/mol. The van der Waals surface area contributed by atoms with Gasteiger partial charge in [-0.15, -0.1) is 11.3 Å². The summed E-state index contributed by atoms with van der Waals surface area (Å²) < 4.78 is 20.0. The van der Waals surface area contributed by atoms with E-state index in [4.69, 9.17) is 4.74 Å². The molecule has 3 heterocycles. The Labute approximate surface area is 180 Å². The number of hydrogen-bond donors (Lipinski definition) is 0. The van der Waals surface area contributed by atoms with Gasteiger partial charge in [0.25, 0.3) is 5.91 Å². The molecule has 1 unspecified atom stereocenters. The molecule has 0 N–H and O–H groups in total. The SMILES string of the molecule is O=C(c1csc(-c2ccc(F)cc2)n1)N(CC1CCCO1)c1nc2ccccc2s1.